The summed E-state index contributed by atoms with van der Waals surface area (Å²) in [7, 11) is 1.68. The summed E-state index contributed by atoms with van der Waals surface area (Å²) in [5.74, 6) is -1.23. The summed E-state index contributed by atoms with van der Waals surface area (Å²) in [5.41, 5.74) is 6.85. The van der Waals surface area contributed by atoms with E-state index in [-0.39, 0.29) is 16.9 Å². The number of hydrogen-bond donors (Lipinski definition) is 1. The molecule has 1 aliphatic rings. The third-order valence-corrected chi connectivity index (χ3v) is 6.96. The molecule has 1 amide bonds. The first-order valence-corrected chi connectivity index (χ1v) is 11.8. The van der Waals surface area contributed by atoms with Crippen LogP contribution in [0.25, 0.3) is 21.7 Å². The number of carbonyl (C=O) groups excluding carboxylic acids is 1. The van der Waals surface area contributed by atoms with Gasteiger partial charge in [0.15, 0.2) is 0 Å². The van der Waals surface area contributed by atoms with Gasteiger partial charge in [-0.15, -0.1) is 0 Å². The highest BCUT2D eigenvalue weighted by Crippen LogP contribution is 2.42. The van der Waals surface area contributed by atoms with Crippen LogP contribution in [0.1, 0.15) is 39.5 Å². The zero-order chi connectivity index (χ0) is 26.8. The van der Waals surface area contributed by atoms with Crippen LogP contribution in [0.2, 0.25) is 0 Å². The molecule has 3 heterocycles. The summed E-state index contributed by atoms with van der Waals surface area (Å²) < 4.78 is 56.9. The van der Waals surface area contributed by atoms with Gasteiger partial charge in [0.2, 0.25) is 0 Å². The Labute approximate surface area is 213 Å². The molecule has 0 fully saturated rings. The lowest BCUT2D eigenvalue weighted by Gasteiger charge is -2.29. The molecule has 1 atom stereocenters. The Morgan fingerprint density at radius 2 is 1.92 bits per heavy atom. The maximum Gasteiger partial charge on any atom is 0.416 e. The predicted molar refractivity (Wildman–Crippen MR) is 134 cm³/mol. The molecule has 1 aliphatic carbocycles. The van der Waals surface area contributed by atoms with Gasteiger partial charge in [0.25, 0.3) is 5.91 Å². The van der Waals surface area contributed by atoms with Gasteiger partial charge < -0.3 is 5.73 Å². The molecule has 3 aromatic heterocycles. The van der Waals surface area contributed by atoms with E-state index in [1.165, 1.54) is 27.9 Å². The fourth-order valence-corrected chi connectivity index (χ4v) is 5.20. The van der Waals surface area contributed by atoms with E-state index in [9.17, 15) is 18.0 Å². The molecule has 11 heteroatoms. The number of amides is 1. The fourth-order valence-electron chi connectivity index (χ4n) is 5.20. The van der Waals surface area contributed by atoms with E-state index in [1.807, 2.05) is 0 Å². The average Bonchev–Trinajstić information content (AvgIpc) is 3.49. The molecule has 0 saturated heterocycles. The Hall–Kier alpha value is -4.54. The Morgan fingerprint density at radius 3 is 2.66 bits per heavy atom. The molecule has 0 aliphatic heterocycles. The van der Waals surface area contributed by atoms with Crippen molar-refractivity contribution in [2.45, 2.75) is 25.1 Å². The third kappa shape index (κ3) is 3.82. The molecule has 0 radical (unpaired) electrons. The van der Waals surface area contributed by atoms with E-state index < -0.39 is 29.5 Å². The highest BCUT2D eigenvalue weighted by Gasteiger charge is 2.37. The summed E-state index contributed by atoms with van der Waals surface area (Å²) in [6.07, 6.45) is 2.46. The van der Waals surface area contributed by atoms with Crippen LogP contribution in [0.5, 0.6) is 0 Å². The zero-order valence-corrected chi connectivity index (χ0v) is 20.0. The van der Waals surface area contributed by atoms with Crippen LogP contribution in [0.3, 0.4) is 0 Å². The number of nitrogen functional groups attached to an aromatic ring is 1. The smallest absolute Gasteiger partial charge is 0.383 e. The SMILES string of the molecule is Cn1cc(N(C(=O)c2cc3c(cc2F)nc(N)c2ccncc23)C2CCc3cc(C(F)(F)F)ccc32)cn1. The molecule has 192 valence electrons. The number of alkyl halides is 3. The molecule has 2 aromatic carbocycles. The molecule has 0 spiro atoms. The zero-order valence-electron chi connectivity index (χ0n) is 20.0. The van der Waals surface area contributed by atoms with Crippen LogP contribution >= 0.6 is 0 Å². The monoisotopic (exact) mass is 520 g/mol. The predicted octanol–water partition coefficient (Wildman–Crippen LogP) is 5.59. The summed E-state index contributed by atoms with van der Waals surface area (Å²) in [4.78, 5) is 23.9. The maximum absolute atomic E-state index is 15.5. The van der Waals surface area contributed by atoms with Crippen molar-refractivity contribution in [1.29, 1.82) is 0 Å². The van der Waals surface area contributed by atoms with Crippen molar-refractivity contribution in [2.24, 2.45) is 7.05 Å². The molecule has 38 heavy (non-hydrogen) atoms. The van der Waals surface area contributed by atoms with Gasteiger partial charge >= 0.3 is 6.18 Å². The molecule has 1 unspecified atom stereocenters. The number of carbonyl (C=O) groups is 1. The van der Waals surface area contributed by atoms with Gasteiger partial charge in [0.1, 0.15) is 11.6 Å². The van der Waals surface area contributed by atoms with Crippen LogP contribution < -0.4 is 10.6 Å². The first kappa shape index (κ1) is 23.8. The van der Waals surface area contributed by atoms with E-state index in [4.69, 9.17) is 5.73 Å². The number of aryl methyl sites for hydroxylation is 2. The number of halogens is 4. The van der Waals surface area contributed by atoms with Crippen molar-refractivity contribution >= 4 is 39.1 Å². The van der Waals surface area contributed by atoms with E-state index in [0.717, 1.165) is 18.2 Å². The standard InChI is InChI=1S/C27H20F4N6O/c1-36-13-16(11-34-36)37(24-5-2-14-8-15(27(29,30)31)3-4-17(14)24)26(38)20-9-19-21-12-33-7-6-18(21)25(32)35-23(19)10-22(20)28/h3-4,6-13,24H,2,5H2,1H3,(H2,32,35). The first-order chi connectivity index (χ1) is 18.1. The van der Waals surface area contributed by atoms with Crippen LogP contribution in [0.4, 0.5) is 29.1 Å². The van der Waals surface area contributed by atoms with E-state index in [1.54, 1.807) is 31.7 Å². The molecular weight excluding hydrogens is 500 g/mol. The molecular formula is C27H20F4N6O. The lowest BCUT2D eigenvalue weighted by molar-refractivity contribution is -0.137. The minimum atomic E-state index is -4.48. The third-order valence-electron chi connectivity index (χ3n) is 6.96. The van der Waals surface area contributed by atoms with Crippen molar-refractivity contribution in [3.05, 3.63) is 89.3 Å². The maximum atomic E-state index is 15.5. The number of hydrogen-bond acceptors (Lipinski definition) is 5. The Morgan fingerprint density at radius 1 is 1.11 bits per heavy atom. The van der Waals surface area contributed by atoms with Crippen molar-refractivity contribution in [3.63, 3.8) is 0 Å². The molecule has 2 N–H and O–H groups in total. The molecule has 0 saturated carbocycles. The van der Waals surface area contributed by atoms with Crippen molar-refractivity contribution < 1.29 is 22.4 Å². The number of benzene rings is 2. The molecule has 7 nitrogen and oxygen atoms in total. The highest BCUT2D eigenvalue weighted by molar-refractivity contribution is 6.14. The summed E-state index contributed by atoms with van der Waals surface area (Å²) in [6, 6.07) is 7.19. The Bertz CT molecular complexity index is 1750. The molecule has 6 rings (SSSR count). The molecule has 5 aromatic rings. The van der Waals surface area contributed by atoms with Crippen LogP contribution in [-0.2, 0) is 19.6 Å². The second kappa shape index (κ2) is 8.51. The minimum Gasteiger partial charge on any atom is -0.383 e. The molecule has 0 bridgehead atoms. The number of anilines is 2. The minimum absolute atomic E-state index is 0.210. The normalized spacial score (nSPS) is 15.2. The highest BCUT2D eigenvalue weighted by atomic mass is 19.4. The Balaban J connectivity index is 1.50. The van der Waals surface area contributed by atoms with Crippen LogP contribution in [0, 0.1) is 5.82 Å². The van der Waals surface area contributed by atoms with E-state index in [0.29, 0.717) is 45.8 Å². The fraction of sp³-hybridized carbons (Fsp3) is 0.185. The van der Waals surface area contributed by atoms with E-state index >= 15 is 4.39 Å². The van der Waals surface area contributed by atoms with Gasteiger partial charge in [0.05, 0.1) is 34.6 Å². The first-order valence-electron chi connectivity index (χ1n) is 11.8. The summed E-state index contributed by atoms with van der Waals surface area (Å²) in [6.45, 7) is 0. The van der Waals surface area contributed by atoms with Gasteiger partial charge in [-0.1, -0.05) is 6.07 Å². The number of pyridine rings is 2. The van der Waals surface area contributed by atoms with Gasteiger partial charge in [-0.3, -0.25) is 19.4 Å². The van der Waals surface area contributed by atoms with Gasteiger partial charge in [-0.25, -0.2) is 9.37 Å². The Kier molecular flexibility index (Phi) is 5.33. The largest absolute Gasteiger partial charge is 0.416 e. The number of nitrogens with zero attached hydrogens (tertiary/aromatic N) is 5. The summed E-state index contributed by atoms with van der Waals surface area (Å²) >= 11 is 0. The lowest BCUT2D eigenvalue weighted by atomic mass is 10.0. The second-order valence-electron chi connectivity index (χ2n) is 9.28. The van der Waals surface area contributed by atoms with Crippen molar-refractivity contribution in [1.82, 2.24) is 19.7 Å². The lowest BCUT2D eigenvalue weighted by Crippen LogP contribution is -2.34. The second-order valence-corrected chi connectivity index (χ2v) is 9.28. The quantitative estimate of drug-likeness (QED) is 0.247. The van der Waals surface area contributed by atoms with Gasteiger partial charge in [0, 0.05) is 47.9 Å². The average molecular weight is 520 g/mol. The topological polar surface area (TPSA) is 89.9 Å². The van der Waals surface area contributed by atoms with Crippen molar-refractivity contribution in [2.75, 3.05) is 10.6 Å². The van der Waals surface area contributed by atoms with Crippen LogP contribution in [-0.4, -0.2) is 25.7 Å². The van der Waals surface area contributed by atoms with Crippen LogP contribution in [0.15, 0.2) is 61.2 Å². The number of aromatic nitrogens is 4. The van der Waals surface area contributed by atoms with Gasteiger partial charge in [-0.2, -0.15) is 18.3 Å². The van der Waals surface area contributed by atoms with Gasteiger partial charge in [-0.05, 0) is 48.2 Å². The number of nitrogens with two attached hydrogens (primary N) is 1. The number of rotatable bonds is 3. The number of fused-ring (bicyclic) bond motifs is 4. The summed E-state index contributed by atoms with van der Waals surface area (Å²) in [5, 5.41) is 5.89. The van der Waals surface area contributed by atoms with E-state index in [2.05, 4.69) is 15.1 Å². The van der Waals surface area contributed by atoms with Crippen molar-refractivity contribution in [3.8, 4) is 0 Å².